The number of cyclic esters (lactones) is 4. The van der Waals surface area contributed by atoms with Gasteiger partial charge in [0.05, 0.1) is 6.54 Å². The van der Waals surface area contributed by atoms with Crippen molar-refractivity contribution in [2.75, 3.05) is 6.54 Å². The van der Waals surface area contributed by atoms with Gasteiger partial charge in [-0.05, 0) is 0 Å². The molecule has 3 heterocycles. The quantitative estimate of drug-likeness (QED) is 0.373. The first-order valence-electron chi connectivity index (χ1n) is 4.20. The number of esters is 3. The second-order valence-corrected chi connectivity index (χ2v) is 3.17. The Morgan fingerprint density at radius 1 is 1.00 bits per heavy atom. The Kier molecular flexibility index (Phi) is 1.39. The first-order chi connectivity index (χ1) is 7.58. The third-order valence-corrected chi connectivity index (χ3v) is 2.26. The molecule has 3 aliphatic heterocycles. The summed E-state index contributed by atoms with van der Waals surface area (Å²) in [5.74, 6) is -2.85. The smallest absolute Gasteiger partial charge is 0.383 e. The predicted molar refractivity (Wildman–Crippen MR) is 43.8 cm³/mol. The standard InChI is InChI=1S/C8H2N2O6/c11-5-2-1-10(8(14)16-5)4-3(9-2)6(12)15-7(4)13/h1H2. The molecule has 3 rings (SSSR count). The normalized spacial score (nSPS) is 23.0. The maximum atomic E-state index is 11.3. The molecule has 0 aliphatic carbocycles. The Balaban J connectivity index is 2.22. The summed E-state index contributed by atoms with van der Waals surface area (Å²) in [5.41, 5.74) is -0.701. The molecule has 0 atom stereocenters. The molecule has 0 spiro atoms. The molecule has 8 nitrogen and oxygen atoms in total. The molecule has 1 saturated heterocycles. The van der Waals surface area contributed by atoms with Gasteiger partial charge >= 0.3 is 24.0 Å². The van der Waals surface area contributed by atoms with Crippen LogP contribution in [-0.2, 0) is 23.9 Å². The minimum absolute atomic E-state index is 0.106. The highest BCUT2D eigenvalue weighted by Gasteiger charge is 2.47. The third-order valence-electron chi connectivity index (χ3n) is 2.26. The highest BCUT2D eigenvalue weighted by molar-refractivity contribution is 6.42. The Morgan fingerprint density at radius 2 is 1.75 bits per heavy atom. The van der Waals surface area contributed by atoms with Crippen LogP contribution in [0.5, 0.6) is 0 Å². The van der Waals surface area contributed by atoms with Crippen LogP contribution < -0.4 is 0 Å². The summed E-state index contributed by atoms with van der Waals surface area (Å²) in [4.78, 5) is 49.3. The van der Waals surface area contributed by atoms with E-state index in [4.69, 9.17) is 0 Å². The monoisotopic (exact) mass is 222 g/mol. The van der Waals surface area contributed by atoms with E-state index in [9.17, 15) is 19.2 Å². The van der Waals surface area contributed by atoms with E-state index in [2.05, 4.69) is 14.5 Å². The molecular formula is C8H2N2O6. The molecule has 1 fully saturated rings. The van der Waals surface area contributed by atoms with Gasteiger partial charge in [0.1, 0.15) is 5.71 Å². The van der Waals surface area contributed by atoms with Crippen molar-refractivity contribution in [1.29, 1.82) is 0 Å². The molecule has 0 radical (unpaired) electrons. The summed E-state index contributed by atoms with van der Waals surface area (Å²) in [6.45, 7) is -0.182. The number of aliphatic imine (C=N–C) groups is 1. The topological polar surface area (TPSA) is 102 Å². The van der Waals surface area contributed by atoms with Gasteiger partial charge in [-0.2, -0.15) is 0 Å². The van der Waals surface area contributed by atoms with E-state index >= 15 is 0 Å². The molecule has 2 bridgehead atoms. The lowest BCUT2D eigenvalue weighted by Gasteiger charge is -2.27. The van der Waals surface area contributed by atoms with Crippen LogP contribution in [0, 0.1) is 0 Å². The van der Waals surface area contributed by atoms with Gasteiger partial charge in [-0.25, -0.2) is 24.2 Å². The highest BCUT2D eigenvalue weighted by atomic mass is 16.6. The van der Waals surface area contributed by atoms with E-state index in [1.807, 2.05) is 0 Å². The minimum atomic E-state index is -1.01. The summed E-state index contributed by atoms with van der Waals surface area (Å²) in [5, 5.41) is 0. The molecule has 0 aromatic heterocycles. The fourth-order valence-corrected chi connectivity index (χ4v) is 1.57. The molecule has 0 unspecified atom stereocenters. The van der Waals surface area contributed by atoms with Gasteiger partial charge < -0.3 is 9.47 Å². The van der Waals surface area contributed by atoms with Gasteiger partial charge in [-0.3, -0.25) is 4.90 Å². The van der Waals surface area contributed by atoms with Crippen molar-refractivity contribution in [3.8, 4) is 0 Å². The van der Waals surface area contributed by atoms with Crippen LogP contribution in [0.1, 0.15) is 0 Å². The van der Waals surface area contributed by atoms with Crippen LogP contribution in [0.4, 0.5) is 4.79 Å². The number of hydrogen-bond donors (Lipinski definition) is 0. The number of hydrogen-bond acceptors (Lipinski definition) is 7. The lowest BCUT2D eigenvalue weighted by Crippen LogP contribution is -2.48. The molecule has 80 valence electrons. The second-order valence-electron chi connectivity index (χ2n) is 3.17. The van der Waals surface area contributed by atoms with Crippen molar-refractivity contribution in [3.63, 3.8) is 0 Å². The number of amides is 1. The summed E-state index contributed by atoms with van der Waals surface area (Å²) in [7, 11) is 0. The zero-order chi connectivity index (χ0) is 11.4. The van der Waals surface area contributed by atoms with E-state index < -0.39 is 24.0 Å². The van der Waals surface area contributed by atoms with E-state index in [-0.39, 0.29) is 23.7 Å². The maximum Gasteiger partial charge on any atom is 0.422 e. The maximum absolute atomic E-state index is 11.3. The number of carbonyl (C=O) groups excluding carboxylic acids is 4. The van der Waals surface area contributed by atoms with Gasteiger partial charge in [0.25, 0.3) is 0 Å². The summed E-state index contributed by atoms with van der Waals surface area (Å²) in [6.07, 6.45) is -1.01. The van der Waals surface area contributed by atoms with Crippen LogP contribution in [0.2, 0.25) is 0 Å². The van der Waals surface area contributed by atoms with Crippen LogP contribution in [0.3, 0.4) is 0 Å². The molecule has 0 aromatic carbocycles. The Hall–Kier alpha value is -2.51. The molecule has 8 heteroatoms. The average molecular weight is 222 g/mol. The third kappa shape index (κ3) is 0.900. The van der Waals surface area contributed by atoms with Crippen molar-refractivity contribution in [3.05, 3.63) is 11.4 Å². The zero-order valence-corrected chi connectivity index (χ0v) is 7.55. The van der Waals surface area contributed by atoms with Gasteiger partial charge in [-0.1, -0.05) is 0 Å². The van der Waals surface area contributed by atoms with E-state index in [0.29, 0.717) is 0 Å². The largest absolute Gasteiger partial charge is 0.422 e. The van der Waals surface area contributed by atoms with Crippen molar-refractivity contribution in [2.45, 2.75) is 0 Å². The van der Waals surface area contributed by atoms with Crippen LogP contribution in [-0.4, -0.2) is 41.2 Å². The Labute approximate surface area is 87.1 Å². The van der Waals surface area contributed by atoms with Gasteiger partial charge in [0.2, 0.25) is 0 Å². The van der Waals surface area contributed by atoms with E-state index in [1.54, 1.807) is 0 Å². The number of rotatable bonds is 0. The second kappa shape index (κ2) is 2.54. The SMILES string of the molecule is O=C1OC(=O)N2CC1=NC1=C2C(=O)OC1=O. The molecule has 0 N–H and O–H groups in total. The molecular weight excluding hydrogens is 220 g/mol. The summed E-state index contributed by atoms with van der Waals surface area (Å²) in [6, 6.07) is 0. The lowest BCUT2D eigenvalue weighted by molar-refractivity contribution is -0.152. The van der Waals surface area contributed by atoms with Crippen molar-refractivity contribution in [2.24, 2.45) is 4.99 Å². The summed E-state index contributed by atoms with van der Waals surface area (Å²) >= 11 is 0. The number of fused-ring (bicyclic) bond motifs is 3. The first kappa shape index (κ1) is 8.77. The number of ether oxygens (including phenoxy) is 2. The molecule has 0 saturated carbocycles. The first-order valence-corrected chi connectivity index (χ1v) is 4.20. The Bertz CT molecular complexity index is 543. The number of carbonyl (C=O) groups is 4. The molecule has 1 amide bonds. The fraction of sp³-hybridized carbons (Fsp3) is 0.125. The predicted octanol–water partition coefficient (Wildman–Crippen LogP) is -1.29. The van der Waals surface area contributed by atoms with Crippen LogP contribution >= 0.6 is 0 Å². The molecule has 3 aliphatic rings. The molecule has 16 heavy (non-hydrogen) atoms. The van der Waals surface area contributed by atoms with E-state index in [0.717, 1.165) is 4.90 Å². The Morgan fingerprint density at radius 3 is 2.50 bits per heavy atom. The lowest BCUT2D eigenvalue weighted by atomic mass is 10.2. The van der Waals surface area contributed by atoms with Crippen LogP contribution in [0.15, 0.2) is 16.4 Å². The van der Waals surface area contributed by atoms with Crippen LogP contribution in [0.25, 0.3) is 0 Å². The summed E-state index contributed by atoms with van der Waals surface area (Å²) < 4.78 is 8.59. The van der Waals surface area contributed by atoms with Crippen molar-refractivity contribution >= 4 is 29.7 Å². The van der Waals surface area contributed by atoms with Crippen molar-refractivity contribution in [1.82, 2.24) is 4.90 Å². The van der Waals surface area contributed by atoms with Gasteiger partial charge in [0, 0.05) is 0 Å². The number of nitrogens with zero attached hydrogens (tertiary/aromatic N) is 2. The van der Waals surface area contributed by atoms with E-state index in [1.165, 1.54) is 0 Å². The minimum Gasteiger partial charge on any atom is -0.383 e. The van der Waals surface area contributed by atoms with Gasteiger partial charge in [0.15, 0.2) is 11.4 Å². The highest BCUT2D eigenvalue weighted by Crippen LogP contribution is 2.28. The zero-order valence-electron chi connectivity index (χ0n) is 7.55. The average Bonchev–Trinajstić information content (AvgIpc) is 2.52. The molecule has 0 aromatic rings. The fourth-order valence-electron chi connectivity index (χ4n) is 1.57. The van der Waals surface area contributed by atoms with Gasteiger partial charge in [-0.15, -0.1) is 0 Å². The van der Waals surface area contributed by atoms with Crippen molar-refractivity contribution < 1.29 is 28.7 Å².